The summed E-state index contributed by atoms with van der Waals surface area (Å²) in [6, 6.07) is 0. The van der Waals surface area contributed by atoms with E-state index in [-0.39, 0.29) is 5.92 Å². The summed E-state index contributed by atoms with van der Waals surface area (Å²) in [7, 11) is 0. The fourth-order valence-electron chi connectivity index (χ4n) is 5.43. The van der Waals surface area contributed by atoms with Crippen LogP contribution in [0.15, 0.2) is 13.2 Å². The van der Waals surface area contributed by atoms with Gasteiger partial charge in [-0.15, -0.1) is 13.2 Å². The van der Waals surface area contributed by atoms with E-state index in [1.807, 2.05) is 0 Å². The SMILES string of the molecule is C=C.CC1CCC(C2CCC(C3CCC(O)C(F)C3F)CC2)CC1. The number of aliphatic hydroxyl groups excluding tert-OH is 1. The molecule has 1 N–H and O–H groups in total. The molecule has 0 aromatic rings. The van der Waals surface area contributed by atoms with Crippen LogP contribution < -0.4 is 0 Å². The van der Waals surface area contributed by atoms with Gasteiger partial charge in [0.15, 0.2) is 6.17 Å². The molecule has 0 bridgehead atoms. The summed E-state index contributed by atoms with van der Waals surface area (Å²) in [5.74, 6) is 2.82. The highest BCUT2D eigenvalue weighted by Gasteiger charge is 2.44. The van der Waals surface area contributed by atoms with Crippen molar-refractivity contribution in [2.24, 2.45) is 29.6 Å². The van der Waals surface area contributed by atoms with Gasteiger partial charge in [-0.1, -0.05) is 19.8 Å². The number of rotatable bonds is 2. The number of halogens is 2. The summed E-state index contributed by atoms with van der Waals surface area (Å²) in [4.78, 5) is 0. The Morgan fingerprint density at radius 1 is 0.667 bits per heavy atom. The second-order valence-electron chi connectivity index (χ2n) is 8.39. The molecule has 3 heteroatoms. The van der Waals surface area contributed by atoms with E-state index in [1.165, 1.54) is 38.5 Å². The van der Waals surface area contributed by atoms with Crippen molar-refractivity contribution in [2.45, 2.75) is 89.6 Å². The Morgan fingerprint density at radius 2 is 1.12 bits per heavy atom. The summed E-state index contributed by atoms with van der Waals surface area (Å²) in [5.41, 5.74) is 0. The van der Waals surface area contributed by atoms with Gasteiger partial charge in [-0.05, 0) is 81.0 Å². The van der Waals surface area contributed by atoms with E-state index in [4.69, 9.17) is 0 Å². The monoisotopic (exact) mass is 342 g/mol. The van der Waals surface area contributed by atoms with Gasteiger partial charge in [0, 0.05) is 0 Å². The van der Waals surface area contributed by atoms with Crippen molar-refractivity contribution in [1.82, 2.24) is 0 Å². The summed E-state index contributed by atoms with van der Waals surface area (Å²) >= 11 is 0. The fourth-order valence-corrected chi connectivity index (χ4v) is 5.43. The van der Waals surface area contributed by atoms with Gasteiger partial charge >= 0.3 is 0 Å². The zero-order valence-electron chi connectivity index (χ0n) is 15.3. The van der Waals surface area contributed by atoms with Gasteiger partial charge in [-0.2, -0.15) is 0 Å². The molecule has 0 amide bonds. The molecule has 3 saturated carbocycles. The summed E-state index contributed by atoms with van der Waals surface area (Å²) in [6.45, 7) is 8.36. The molecule has 0 saturated heterocycles. The molecule has 3 aliphatic rings. The standard InChI is InChI=1S/C19H32F2O.C2H4/c1-12-2-4-13(5-3-12)14-6-8-15(9-7-14)16-10-11-17(22)19(21)18(16)20;1-2/h12-19,22H,2-11H2,1H3;1-2H2. The molecule has 4 atom stereocenters. The number of hydrogen-bond acceptors (Lipinski definition) is 1. The third-order valence-corrected chi connectivity index (χ3v) is 7.03. The Kier molecular flexibility index (Phi) is 7.71. The first-order valence-electron chi connectivity index (χ1n) is 10.0. The van der Waals surface area contributed by atoms with Crippen LogP contribution >= 0.6 is 0 Å². The van der Waals surface area contributed by atoms with E-state index in [0.29, 0.717) is 18.8 Å². The maximum Gasteiger partial charge on any atom is 0.157 e. The summed E-state index contributed by atoms with van der Waals surface area (Å²) < 4.78 is 28.0. The first-order valence-corrected chi connectivity index (χ1v) is 10.0. The highest BCUT2D eigenvalue weighted by molar-refractivity contribution is 4.93. The van der Waals surface area contributed by atoms with Crippen molar-refractivity contribution in [2.75, 3.05) is 0 Å². The molecule has 4 unspecified atom stereocenters. The van der Waals surface area contributed by atoms with E-state index in [1.54, 1.807) is 0 Å². The van der Waals surface area contributed by atoms with Crippen molar-refractivity contribution in [1.29, 1.82) is 0 Å². The molecule has 24 heavy (non-hydrogen) atoms. The Hall–Kier alpha value is -0.440. The fraction of sp³-hybridized carbons (Fsp3) is 0.905. The lowest BCUT2D eigenvalue weighted by Crippen LogP contribution is -2.44. The molecular formula is C21H36F2O. The second-order valence-corrected chi connectivity index (χ2v) is 8.39. The second kappa shape index (κ2) is 9.31. The van der Waals surface area contributed by atoms with Gasteiger partial charge in [0.1, 0.15) is 6.17 Å². The summed E-state index contributed by atoms with van der Waals surface area (Å²) in [6.07, 6.45) is 7.01. The third-order valence-electron chi connectivity index (χ3n) is 7.03. The predicted molar refractivity (Wildman–Crippen MR) is 96.3 cm³/mol. The molecule has 0 heterocycles. The highest BCUT2D eigenvalue weighted by Crippen LogP contribution is 2.46. The maximum absolute atomic E-state index is 14.2. The van der Waals surface area contributed by atoms with Crippen molar-refractivity contribution in [3.8, 4) is 0 Å². The Bertz CT molecular complexity index is 359. The minimum atomic E-state index is -1.66. The van der Waals surface area contributed by atoms with Gasteiger partial charge in [0.25, 0.3) is 0 Å². The van der Waals surface area contributed by atoms with Crippen molar-refractivity contribution in [3.05, 3.63) is 13.2 Å². The molecular weight excluding hydrogens is 306 g/mol. The van der Waals surface area contributed by atoms with Gasteiger partial charge in [-0.3, -0.25) is 0 Å². The minimum absolute atomic E-state index is 0.147. The zero-order chi connectivity index (χ0) is 17.7. The van der Waals surface area contributed by atoms with Crippen LogP contribution in [0.3, 0.4) is 0 Å². The smallest absolute Gasteiger partial charge is 0.157 e. The molecule has 0 spiro atoms. The molecule has 3 rings (SSSR count). The lowest BCUT2D eigenvalue weighted by Gasteiger charge is -2.42. The lowest BCUT2D eigenvalue weighted by molar-refractivity contribution is -0.0561. The van der Waals surface area contributed by atoms with Crippen molar-refractivity contribution < 1.29 is 13.9 Å². The molecule has 1 nitrogen and oxygen atoms in total. The third kappa shape index (κ3) is 4.59. The van der Waals surface area contributed by atoms with Crippen LogP contribution in [0.25, 0.3) is 0 Å². The first kappa shape index (κ1) is 19.9. The molecule has 140 valence electrons. The van der Waals surface area contributed by atoms with Crippen LogP contribution in [0.2, 0.25) is 0 Å². The van der Waals surface area contributed by atoms with Crippen molar-refractivity contribution >= 4 is 0 Å². The zero-order valence-corrected chi connectivity index (χ0v) is 15.3. The van der Waals surface area contributed by atoms with Gasteiger partial charge in [-0.25, -0.2) is 8.78 Å². The van der Waals surface area contributed by atoms with E-state index in [9.17, 15) is 13.9 Å². The summed E-state index contributed by atoms with van der Waals surface area (Å²) in [5, 5.41) is 9.48. The molecule has 3 aliphatic carbocycles. The van der Waals surface area contributed by atoms with Crippen molar-refractivity contribution in [3.63, 3.8) is 0 Å². The van der Waals surface area contributed by atoms with Crippen LogP contribution in [0.5, 0.6) is 0 Å². The normalized spacial score (nSPS) is 46.7. The molecule has 0 aromatic heterocycles. The number of hydrogen-bond donors (Lipinski definition) is 1. The van der Waals surface area contributed by atoms with E-state index < -0.39 is 18.4 Å². The van der Waals surface area contributed by atoms with Crippen LogP contribution in [-0.4, -0.2) is 23.6 Å². The van der Waals surface area contributed by atoms with E-state index >= 15 is 0 Å². The average Bonchev–Trinajstić information content (AvgIpc) is 2.63. The molecule has 0 radical (unpaired) electrons. The highest BCUT2D eigenvalue weighted by atomic mass is 19.2. The lowest BCUT2D eigenvalue weighted by atomic mass is 9.65. The molecule has 0 aromatic carbocycles. The number of alkyl halides is 2. The van der Waals surface area contributed by atoms with Crippen LogP contribution in [0, 0.1) is 29.6 Å². The average molecular weight is 343 g/mol. The van der Waals surface area contributed by atoms with Crippen LogP contribution in [-0.2, 0) is 0 Å². The van der Waals surface area contributed by atoms with E-state index in [0.717, 1.165) is 30.6 Å². The first-order chi connectivity index (χ1) is 11.6. The Morgan fingerprint density at radius 3 is 1.67 bits per heavy atom. The Balaban J connectivity index is 0.00000100. The quantitative estimate of drug-likeness (QED) is 0.622. The number of aliphatic hydroxyl groups is 1. The molecule has 0 aliphatic heterocycles. The van der Waals surface area contributed by atoms with Gasteiger partial charge in [0.05, 0.1) is 6.10 Å². The predicted octanol–water partition coefficient (Wildman–Crippen LogP) is 5.87. The van der Waals surface area contributed by atoms with Crippen LogP contribution in [0.4, 0.5) is 8.78 Å². The minimum Gasteiger partial charge on any atom is -0.390 e. The largest absolute Gasteiger partial charge is 0.390 e. The maximum atomic E-state index is 14.2. The topological polar surface area (TPSA) is 20.2 Å². The van der Waals surface area contributed by atoms with Gasteiger partial charge < -0.3 is 5.11 Å². The van der Waals surface area contributed by atoms with Gasteiger partial charge in [0.2, 0.25) is 0 Å². The molecule has 3 fully saturated rings. The Labute approximate surface area is 146 Å². The van der Waals surface area contributed by atoms with Crippen LogP contribution in [0.1, 0.15) is 71.1 Å². The van der Waals surface area contributed by atoms with E-state index in [2.05, 4.69) is 20.1 Å².